The number of para-hydroxylation sites is 1. The van der Waals surface area contributed by atoms with Crippen molar-refractivity contribution < 1.29 is 0 Å². The fraction of sp³-hybridized carbons (Fsp3) is 0.333. The van der Waals surface area contributed by atoms with Gasteiger partial charge in [-0.25, -0.2) is 0 Å². The molecule has 1 fully saturated rings. The van der Waals surface area contributed by atoms with Gasteiger partial charge in [0.05, 0.1) is 0 Å². The third kappa shape index (κ3) is 1.66. The van der Waals surface area contributed by atoms with Gasteiger partial charge in [0.15, 0.2) is 0 Å². The number of anilines is 1. The summed E-state index contributed by atoms with van der Waals surface area (Å²) in [7, 11) is 1.99. The molecule has 0 radical (unpaired) electrons. The maximum Gasteiger partial charge on any atom is 0.137 e. The van der Waals surface area contributed by atoms with Crippen LogP contribution in [0, 0.1) is 0 Å². The normalized spacial score (nSPS) is 23.1. The van der Waals surface area contributed by atoms with Gasteiger partial charge in [-0.2, -0.15) is 0 Å². The molecule has 1 aliphatic rings. The van der Waals surface area contributed by atoms with Gasteiger partial charge in [-0.1, -0.05) is 18.2 Å². The summed E-state index contributed by atoms with van der Waals surface area (Å²) in [5, 5.41) is 11.6. The zero-order valence-electron chi connectivity index (χ0n) is 9.17. The highest BCUT2D eigenvalue weighted by molar-refractivity contribution is 5.46. The van der Waals surface area contributed by atoms with Gasteiger partial charge >= 0.3 is 0 Å². The Morgan fingerprint density at radius 2 is 2.12 bits per heavy atom. The van der Waals surface area contributed by atoms with E-state index in [0.717, 1.165) is 12.2 Å². The second-order valence-corrected chi connectivity index (χ2v) is 4.26. The first-order valence-corrected chi connectivity index (χ1v) is 5.50. The number of hydrogen-bond acceptors (Lipinski definition) is 3. The number of nitrogens with one attached hydrogen (secondary N) is 1. The summed E-state index contributed by atoms with van der Waals surface area (Å²) in [5.41, 5.74) is 1.18. The fourth-order valence-electron chi connectivity index (χ4n) is 2.02. The molecule has 1 aromatic heterocycles. The molecule has 1 aliphatic carbocycles. The molecule has 16 heavy (non-hydrogen) atoms. The van der Waals surface area contributed by atoms with Crippen LogP contribution >= 0.6 is 0 Å². The number of aromatic nitrogens is 3. The molecule has 4 heteroatoms. The minimum absolute atomic E-state index is 0.505. The smallest absolute Gasteiger partial charge is 0.137 e. The molecule has 0 spiro atoms. The number of hydrogen-bond donors (Lipinski definition) is 1. The van der Waals surface area contributed by atoms with Crippen molar-refractivity contribution in [3.63, 3.8) is 0 Å². The summed E-state index contributed by atoms with van der Waals surface area (Å²) in [4.78, 5) is 0. The van der Waals surface area contributed by atoms with Gasteiger partial charge in [0.2, 0.25) is 0 Å². The Balaban J connectivity index is 1.67. The average molecular weight is 214 g/mol. The predicted octanol–water partition coefficient (Wildman–Crippen LogP) is 1.78. The van der Waals surface area contributed by atoms with E-state index >= 15 is 0 Å². The first-order chi connectivity index (χ1) is 7.84. The fourth-order valence-corrected chi connectivity index (χ4v) is 2.02. The van der Waals surface area contributed by atoms with E-state index in [1.165, 1.54) is 5.69 Å². The Kier molecular flexibility index (Phi) is 2.13. The van der Waals surface area contributed by atoms with E-state index in [-0.39, 0.29) is 0 Å². The summed E-state index contributed by atoms with van der Waals surface area (Å²) in [6.07, 6.45) is 2.90. The molecule has 1 aromatic carbocycles. The molecular weight excluding hydrogens is 200 g/mol. The van der Waals surface area contributed by atoms with Crippen molar-refractivity contribution in [1.29, 1.82) is 0 Å². The second-order valence-electron chi connectivity index (χ2n) is 4.26. The van der Waals surface area contributed by atoms with Crippen LogP contribution in [-0.4, -0.2) is 20.8 Å². The number of rotatable bonds is 3. The molecule has 0 amide bonds. The molecule has 0 aliphatic heterocycles. The van der Waals surface area contributed by atoms with Gasteiger partial charge in [-0.15, -0.1) is 10.2 Å². The van der Waals surface area contributed by atoms with Gasteiger partial charge in [0.25, 0.3) is 0 Å². The molecule has 3 rings (SSSR count). The van der Waals surface area contributed by atoms with Crippen LogP contribution in [0.4, 0.5) is 5.69 Å². The predicted molar refractivity (Wildman–Crippen MR) is 62.2 cm³/mol. The Morgan fingerprint density at radius 3 is 2.81 bits per heavy atom. The lowest BCUT2D eigenvalue weighted by molar-refractivity contribution is 0.789. The Hall–Kier alpha value is -1.84. The topological polar surface area (TPSA) is 42.7 Å². The summed E-state index contributed by atoms with van der Waals surface area (Å²) < 4.78 is 2.00. The van der Waals surface area contributed by atoms with E-state index in [4.69, 9.17) is 0 Å². The number of benzene rings is 1. The third-order valence-electron chi connectivity index (χ3n) is 2.99. The van der Waals surface area contributed by atoms with Gasteiger partial charge < -0.3 is 9.88 Å². The molecule has 1 heterocycles. The van der Waals surface area contributed by atoms with Crippen molar-refractivity contribution >= 4 is 5.69 Å². The summed E-state index contributed by atoms with van der Waals surface area (Å²) >= 11 is 0. The lowest BCUT2D eigenvalue weighted by atomic mass is 10.3. The van der Waals surface area contributed by atoms with Crippen LogP contribution in [0.25, 0.3) is 0 Å². The van der Waals surface area contributed by atoms with Gasteiger partial charge in [-0.3, -0.25) is 0 Å². The lowest BCUT2D eigenvalue weighted by Gasteiger charge is -2.04. The number of nitrogens with zero attached hydrogens (tertiary/aromatic N) is 3. The molecule has 4 nitrogen and oxygen atoms in total. The molecule has 0 unspecified atom stereocenters. The van der Waals surface area contributed by atoms with E-state index in [0.29, 0.717) is 12.0 Å². The van der Waals surface area contributed by atoms with Crippen LogP contribution in [0.2, 0.25) is 0 Å². The van der Waals surface area contributed by atoms with Crippen molar-refractivity contribution in [3.05, 3.63) is 42.5 Å². The first-order valence-electron chi connectivity index (χ1n) is 5.50. The van der Waals surface area contributed by atoms with Crippen molar-refractivity contribution in [2.24, 2.45) is 7.05 Å². The van der Waals surface area contributed by atoms with E-state index < -0.39 is 0 Å². The summed E-state index contributed by atoms with van der Waals surface area (Å²) in [6, 6.07) is 10.8. The highest BCUT2D eigenvalue weighted by Crippen LogP contribution is 2.41. The maximum atomic E-state index is 4.14. The minimum atomic E-state index is 0.505. The van der Waals surface area contributed by atoms with E-state index in [1.54, 1.807) is 6.33 Å². The van der Waals surface area contributed by atoms with Crippen LogP contribution in [0.15, 0.2) is 36.7 Å². The molecule has 2 aromatic rings. The summed E-state index contributed by atoms with van der Waals surface area (Å²) in [6.45, 7) is 0. The van der Waals surface area contributed by atoms with E-state index in [9.17, 15) is 0 Å². The highest BCUT2D eigenvalue weighted by Gasteiger charge is 2.41. The van der Waals surface area contributed by atoms with Crippen molar-refractivity contribution in [1.82, 2.24) is 14.8 Å². The zero-order chi connectivity index (χ0) is 11.0. The summed E-state index contributed by atoms with van der Waals surface area (Å²) in [5.74, 6) is 1.58. The second kappa shape index (κ2) is 3.63. The third-order valence-corrected chi connectivity index (χ3v) is 2.99. The van der Waals surface area contributed by atoms with Gasteiger partial charge in [0.1, 0.15) is 12.2 Å². The van der Waals surface area contributed by atoms with Crippen LogP contribution in [0.5, 0.6) is 0 Å². The molecule has 0 saturated heterocycles. The molecule has 82 valence electrons. The van der Waals surface area contributed by atoms with Crippen molar-refractivity contribution in [2.75, 3.05) is 5.32 Å². The average Bonchev–Trinajstić information content (AvgIpc) is 2.92. The monoisotopic (exact) mass is 214 g/mol. The Morgan fingerprint density at radius 1 is 1.31 bits per heavy atom. The first kappa shape index (κ1) is 9.39. The quantitative estimate of drug-likeness (QED) is 0.847. The maximum absolute atomic E-state index is 4.14. The minimum Gasteiger partial charge on any atom is -0.382 e. The van der Waals surface area contributed by atoms with Crippen LogP contribution in [0.3, 0.4) is 0 Å². The molecule has 2 atom stereocenters. The molecular formula is C12H14N4. The van der Waals surface area contributed by atoms with Crippen molar-refractivity contribution in [3.8, 4) is 0 Å². The lowest BCUT2D eigenvalue weighted by Crippen LogP contribution is -2.06. The molecule has 1 saturated carbocycles. The van der Waals surface area contributed by atoms with E-state index in [2.05, 4.69) is 27.6 Å². The van der Waals surface area contributed by atoms with Crippen LogP contribution < -0.4 is 5.32 Å². The van der Waals surface area contributed by atoms with E-state index in [1.807, 2.05) is 29.8 Å². The highest BCUT2D eigenvalue weighted by atomic mass is 15.3. The SMILES string of the molecule is Cn1cnnc1[C@@H]1C[C@@H]1Nc1ccccc1. The van der Waals surface area contributed by atoms with Crippen molar-refractivity contribution in [2.45, 2.75) is 18.4 Å². The van der Waals surface area contributed by atoms with Crippen LogP contribution in [-0.2, 0) is 7.05 Å². The van der Waals surface area contributed by atoms with Crippen LogP contribution in [0.1, 0.15) is 18.2 Å². The largest absolute Gasteiger partial charge is 0.382 e. The van der Waals surface area contributed by atoms with Gasteiger partial charge in [-0.05, 0) is 18.6 Å². The molecule has 1 N–H and O–H groups in total. The Labute approximate surface area is 94.3 Å². The number of aryl methyl sites for hydroxylation is 1. The standard InChI is InChI=1S/C12H14N4/c1-16-8-13-15-12(16)10-7-11(10)14-9-5-3-2-4-6-9/h2-6,8,10-11,14H,7H2,1H3/t10-,11+/m1/s1. The van der Waals surface area contributed by atoms with Gasteiger partial charge in [0, 0.05) is 24.7 Å². The Bertz CT molecular complexity index is 477. The molecule has 0 bridgehead atoms. The zero-order valence-corrected chi connectivity index (χ0v) is 9.17.